The number of imidazole rings is 1. The highest BCUT2D eigenvalue weighted by molar-refractivity contribution is 6.30. The number of carboxylic acids is 1. The summed E-state index contributed by atoms with van der Waals surface area (Å²) >= 11 is 6.15. The zero-order valence-corrected chi connectivity index (χ0v) is 21.3. The number of pyridine rings is 1. The van der Waals surface area contributed by atoms with Gasteiger partial charge in [0.25, 0.3) is 5.91 Å². The van der Waals surface area contributed by atoms with Crippen molar-refractivity contribution in [1.82, 2.24) is 20.0 Å². The molecule has 3 rings (SSSR count). The molecule has 0 spiro atoms. The van der Waals surface area contributed by atoms with E-state index in [-0.39, 0.29) is 39.9 Å². The number of fused-ring (bicyclic) bond motifs is 1. The lowest BCUT2D eigenvalue weighted by atomic mass is 10.1. The number of ether oxygens (including phenoxy) is 1. The molecular weight excluding hydrogens is 578 g/mol. The third-order valence-corrected chi connectivity index (χ3v) is 5.27. The van der Waals surface area contributed by atoms with E-state index < -0.39 is 54.6 Å². The Bertz CT molecular complexity index is 1400. The van der Waals surface area contributed by atoms with Crippen LogP contribution in [-0.4, -0.2) is 62.5 Å². The smallest absolute Gasteiger partial charge is 0.485 e. The van der Waals surface area contributed by atoms with Crippen LogP contribution in [-0.2, 0) is 11.4 Å². The van der Waals surface area contributed by atoms with E-state index >= 15 is 0 Å². The standard InChI is InChI=1S/C21H20ClF3N4O4.C2HF3O2/c1-11-17(19(30)26-10-21(2,9-23)28-20(31)32)29-7-12(22)6-16(18(29)27-11)33-8-13-14(24)4-3-5-15(13)25;3-2(4,5)1(6)7/h3-7,28H,8-10H2,1-2H3,(H,26,30)(H,31,32);(H,6,7). The molecule has 2 heterocycles. The van der Waals surface area contributed by atoms with E-state index in [2.05, 4.69) is 10.3 Å². The molecule has 1 atom stereocenters. The SMILES string of the molecule is Cc1nc2c(OCc3c(F)cccc3F)cc(Cl)cn2c1C(=O)NCC(C)(CF)NC(=O)O.O=C(O)C(F)(F)F. The van der Waals surface area contributed by atoms with Crippen molar-refractivity contribution in [2.24, 2.45) is 0 Å². The number of amides is 2. The number of aliphatic carboxylic acids is 1. The third kappa shape index (κ3) is 8.14. The van der Waals surface area contributed by atoms with Crippen LogP contribution in [0.15, 0.2) is 30.5 Å². The highest BCUT2D eigenvalue weighted by Gasteiger charge is 2.38. The number of nitrogens with one attached hydrogen (secondary N) is 2. The number of aryl methyl sites for hydroxylation is 1. The summed E-state index contributed by atoms with van der Waals surface area (Å²) in [5.74, 6) is -4.90. The Morgan fingerprint density at radius 1 is 1.15 bits per heavy atom. The number of nitrogens with zero attached hydrogens (tertiary/aromatic N) is 2. The van der Waals surface area contributed by atoms with Gasteiger partial charge in [0.2, 0.25) is 0 Å². The number of hydrogen-bond acceptors (Lipinski definition) is 5. The van der Waals surface area contributed by atoms with Crippen LogP contribution < -0.4 is 15.4 Å². The van der Waals surface area contributed by atoms with Gasteiger partial charge in [-0.1, -0.05) is 17.7 Å². The van der Waals surface area contributed by atoms with Gasteiger partial charge in [-0.3, -0.25) is 9.20 Å². The maximum atomic E-state index is 13.9. The van der Waals surface area contributed by atoms with E-state index in [4.69, 9.17) is 31.3 Å². The molecule has 0 bridgehead atoms. The van der Waals surface area contributed by atoms with Crippen molar-refractivity contribution in [2.45, 2.75) is 32.2 Å². The molecular formula is C23H21ClF6N4O6. The van der Waals surface area contributed by atoms with Crippen molar-refractivity contribution in [3.05, 3.63) is 64.1 Å². The minimum atomic E-state index is -5.08. The lowest BCUT2D eigenvalue weighted by Gasteiger charge is -2.26. The summed E-state index contributed by atoms with van der Waals surface area (Å²) in [5.41, 5.74) is -1.34. The second kappa shape index (κ2) is 12.8. The minimum absolute atomic E-state index is 0.0472. The van der Waals surface area contributed by atoms with Crippen molar-refractivity contribution >= 4 is 35.2 Å². The lowest BCUT2D eigenvalue weighted by Crippen LogP contribution is -2.55. The molecule has 2 aromatic heterocycles. The minimum Gasteiger partial charge on any atom is -0.485 e. The van der Waals surface area contributed by atoms with E-state index in [1.54, 1.807) is 6.92 Å². The fourth-order valence-corrected chi connectivity index (χ4v) is 3.33. The van der Waals surface area contributed by atoms with Crippen molar-refractivity contribution in [2.75, 3.05) is 13.2 Å². The van der Waals surface area contributed by atoms with Crippen molar-refractivity contribution in [3.63, 3.8) is 0 Å². The highest BCUT2D eigenvalue weighted by Crippen LogP contribution is 2.28. The Labute approximate surface area is 226 Å². The van der Waals surface area contributed by atoms with Gasteiger partial charge >= 0.3 is 18.2 Å². The van der Waals surface area contributed by atoms with E-state index in [1.165, 1.54) is 29.7 Å². The summed E-state index contributed by atoms with van der Waals surface area (Å²) in [6, 6.07) is 4.82. The first kappa shape index (κ1) is 32.0. The summed E-state index contributed by atoms with van der Waals surface area (Å²) < 4.78 is 79.8. The number of carbonyl (C=O) groups is 3. The summed E-state index contributed by atoms with van der Waals surface area (Å²) in [6.45, 7) is 1.00. The van der Waals surface area contributed by atoms with Gasteiger partial charge in [0, 0.05) is 18.8 Å². The number of rotatable bonds is 8. The van der Waals surface area contributed by atoms with Crippen LogP contribution in [0.4, 0.5) is 31.1 Å². The zero-order valence-electron chi connectivity index (χ0n) is 20.6. The molecule has 1 unspecified atom stereocenters. The lowest BCUT2D eigenvalue weighted by molar-refractivity contribution is -0.192. The predicted molar refractivity (Wildman–Crippen MR) is 127 cm³/mol. The molecule has 0 fully saturated rings. The number of carbonyl (C=O) groups excluding carboxylic acids is 1. The Kier molecular flexibility index (Phi) is 10.2. The Hall–Kier alpha value is -4.21. The van der Waals surface area contributed by atoms with Gasteiger partial charge in [0.15, 0.2) is 11.4 Å². The van der Waals surface area contributed by atoms with Crippen LogP contribution in [0.3, 0.4) is 0 Å². The quantitative estimate of drug-likeness (QED) is 0.280. The molecule has 1 aromatic carbocycles. The van der Waals surface area contributed by atoms with Gasteiger partial charge in [-0.2, -0.15) is 13.2 Å². The predicted octanol–water partition coefficient (Wildman–Crippen LogP) is 4.51. The van der Waals surface area contributed by atoms with Crippen LogP contribution in [0.25, 0.3) is 5.65 Å². The highest BCUT2D eigenvalue weighted by atomic mass is 35.5. The molecule has 0 saturated heterocycles. The Balaban J connectivity index is 0.000000708. The fourth-order valence-electron chi connectivity index (χ4n) is 3.14. The number of aromatic nitrogens is 2. The van der Waals surface area contributed by atoms with Crippen molar-refractivity contribution in [3.8, 4) is 5.75 Å². The fraction of sp³-hybridized carbons (Fsp3) is 0.304. The molecule has 40 heavy (non-hydrogen) atoms. The van der Waals surface area contributed by atoms with Gasteiger partial charge in [-0.05, 0) is 26.0 Å². The summed E-state index contributed by atoms with van der Waals surface area (Å²) in [6.07, 6.45) is -5.12. The van der Waals surface area contributed by atoms with Crippen LogP contribution >= 0.6 is 11.6 Å². The first-order valence-corrected chi connectivity index (χ1v) is 11.3. The molecule has 4 N–H and O–H groups in total. The van der Waals surface area contributed by atoms with Crippen molar-refractivity contribution in [1.29, 1.82) is 0 Å². The maximum Gasteiger partial charge on any atom is 0.490 e. The number of hydrogen-bond donors (Lipinski definition) is 4. The van der Waals surface area contributed by atoms with Crippen LogP contribution in [0.5, 0.6) is 5.75 Å². The summed E-state index contributed by atoms with van der Waals surface area (Å²) in [4.78, 5) is 36.9. The Morgan fingerprint density at radius 2 is 1.73 bits per heavy atom. The molecule has 0 saturated carbocycles. The molecule has 0 aliphatic carbocycles. The van der Waals surface area contributed by atoms with E-state index in [0.29, 0.717) is 0 Å². The first-order valence-electron chi connectivity index (χ1n) is 10.9. The van der Waals surface area contributed by atoms with E-state index in [1.807, 2.05) is 5.32 Å². The van der Waals surface area contributed by atoms with Crippen LogP contribution in [0.1, 0.15) is 28.7 Å². The molecule has 3 aromatic rings. The average Bonchev–Trinajstić information content (AvgIpc) is 3.17. The maximum absolute atomic E-state index is 13.9. The number of halogens is 7. The van der Waals surface area contributed by atoms with Gasteiger partial charge < -0.3 is 25.6 Å². The first-order chi connectivity index (χ1) is 18.5. The third-order valence-electron chi connectivity index (χ3n) is 5.06. The second-order valence-corrected chi connectivity index (χ2v) is 8.80. The number of alkyl halides is 4. The molecule has 0 radical (unpaired) electrons. The van der Waals surface area contributed by atoms with Gasteiger partial charge in [0.1, 0.15) is 30.6 Å². The Morgan fingerprint density at radius 3 is 2.23 bits per heavy atom. The van der Waals surface area contributed by atoms with Gasteiger partial charge in [0.05, 0.1) is 21.8 Å². The van der Waals surface area contributed by atoms with E-state index in [0.717, 1.165) is 12.1 Å². The van der Waals surface area contributed by atoms with Crippen LogP contribution in [0, 0.1) is 18.6 Å². The number of benzene rings is 1. The largest absolute Gasteiger partial charge is 0.490 e. The molecule has 0 aliphatic heterocycles. The normalized spacial score (nSPS) is 12.6. The van der Waals surface area contributed by atoms with Crippen molar-refractivity contribution < 1.29 is 55.7 Å². The molecule has 17 heteroatoms. The zero-order chi connectivity index (χ0) is 30.4. The van der Waals surface area contributed by atoms with Gasteiger partial charge in [-0.25, -0.2) is 27.7 Å². The molecule has 218 valence electrons. The van der Waals surface area contributed by atoms with Crippen LogP contribution in [0.2, 0.25) is 5.02 Å². The second-order valence-electron chi connectivity index (χ2n) is 8.36. The molecule has 0 aliphatic rings. The monoisotopic (exact) mass is 598 g/mol. The summed E-state index contributed by atoms with van der Waals surface area (Å²) in [7, 11) is 0. The number of carboxylic acid groups (broad SMARTS) is 2. The topological polar surface area (TPSA) is 142 Å². The van der Waals surface area contributed by atoms with E-state index in [9.17, 15) is 35.9 Å². The summed E-state index contributed by atoms with van der Waals surface area (Å²) in [5, 5.41) is 20.6. The van der Waals surface area contributed by atoms with Gasteiger partial charge in [-0.15, -0.1) is 0 Å². The molecule has 2 amide bonds. The average molecular weight is 599 g/mol. The molecule has 10 nitrogen and oxygen atoms in total.